The van der Waals surface area contributed by atoms with Crippen LogP contribution in [0.3, 0.4) is 0 Å². The van der Waals surface area contributed by atoms with Crippen molar-refractivity contribution in [1.29, 1.82) is 0 Å². The van der Waals surface area contributed by atoms with E-state index in [9.17, 15) is 8.42 Å². The zero-order chi connectivity index (χ0) is 22.5. The minimum absolute atomic E-state index is 0.0236. The standard InChI is InChI=1S/C21H21ClN6O3S/c1-14-16(13-23-27-11-9-26(2)10-12-27)15-5-3-4-6-18(15)28(14)32(29,30)19-8-7-17(22)20-21(19)25-31-24-20/h3-8,13H,9-12H2,1-2H3. The van der Waals surface area contributed by atoms with Crippen molar-refractivity contribution in [3.63, 3.8) is 0 Å². The molecule has 2 aromatic heterocycles. The van der Waals surface area contributed by atoms with Crippen molar-refractivity contribution in [2.24, 2.45) is 5.10 Å². The fourth-order valence-electron chi connectivity index (χ4n) is 4.01. The Balaban J connectivity index is 1.66. The highest BCUT2D eigenvalue weighted by atomic mass is 35.5. The van der Waals surface area contributed by atoms with E-state index in [2.05, 4.69) is 27.4 Å². The number of likely N-dealkylation sites (N-methyl/N-ethyl adjacent to an activating group) is 1. The van der Waals surface area contributed by atoms with Crippen LogP contribution in [-0.4, -0.2) is 72.1 Å². The lowest BCUT2D eigenvalue weighted by molar-refractivity contribution is 0.159. The van der Waals surface area contributed by atoms with E-state index < -0.39 is 10.0 Å². The molecule has 4 aromatic rings. The van der Waals surface area contributed by atoms with Crippen molar-refractivity contribution in [2.75, 3.05) is 33.2 Å². The molecule has 1 aliphatic rings. The summed E-state index contributed by atoms with van der Waals surface area (Å²) < 4.78 is 33.7. The third-order valence-electron chi connectivity index (χ3n) is 5.78. The molecule has 0 saturated carbocycles. The molecule has 0 spiro atoms. The van der Waals surface area contributed by atoms with Crippen LogP contribution in [-0.2, 0) is 10.0 Å². The maximum Gasteiger partial charge on any atom is 0.270 e. The minimum atomic E-state index is -4.03. The monoisotopic (exact) mass is 472 g/mol. The van der Waals surface area contributed by atoms with Gasteiger partial charge in [0, 0.05) is 42.8 Å². The minimum Gasteiger partial charge on any atom is -0.303 e. The number of halogens is 1. The van der Waals surface area contributed by atoms with Gasteiger partial charge in [-0.1, -0.05) is 29.8 Å². The third kappa shape index (κ3) is 3.35. The van der Waals surface area contributed by atoms with Gasteiger partial charge in [-0.25, -0.2) is 17.0 Å². The summed E-state index contributed by atoms with van der Waals surface area (Å²) >= 11 is 6.13. The molecule has 9 nitrogen and oxygen atoms in total. The molecule has 11 heteroatoms. The first-order valence-electron chi connectivity index (χ1n) is 10.1. The van der Waals surface area contributed by atoms with Crippen LogP contribution in [0.2, 0.25) is 5.02 Å². The molecule has 1 saturated heterocycles. The van der Waals surface area contributed by atoms with E-state index in [0.29, 0.717) is 11.2 Å². The lowest BCUT2D eigenvalue weighted by atomic mass is 10.1. The number of aromatic nitrogens is 3. The van der Waals surface area contributed by atoms with Gasteiger partial charge in [-0.2, -0.15) is 5.10 Å². The molecule has 0 N–H and O–H groups in total. The molecular formula is C21H21ClN6O3S. The summed E-state index contributed by atoms with van der Waals surface area (Å²) in [6, 6.07) is 10.3. The van der Waals surface area contributed by atoms with Crippen LogP contribution in [0.4, 0.5) is 0 Å². The van der Waals surface area contributed by atoms with Crippen LogP contribution in [0.25, 0.3) is 21.9 Å². The van der Waals surface area contributed by atoms with Crippen molar-refractivity contribution < 1.29 is 13.0 Å². The molecule has 1 fully saturated rings. The summed E-state index contributed by atoms with van der Waals surface area (Å²) in [6.45, 7) is 5.29. The summed E-state index contributed by atoms with van der Waals surface area (Å²) in [4.78, 5) is 2.23. The molecule has 0 bridgehead atoms. The highest BCUT2D eigenvalue weighted by molar-refractivity contribution is 7.90. The maximum atomic E-state index is 13.8. The fraction of sp³-hybridized carbons (Fsp3) is 0.286. The molecule has 0 amide bonds. The quantitative estimate of drug-likeness (QED) is 0.421. The number of hydrazone groups is 1. The number of piperazine rings is 1. The number of benzene rings is 2. The molecule has 32 heavy (non-hydrogen) atoms. The predicted molar refractivity (Wildman–Crippen MR) is 123 cm³/mol. The molecule has 2 aromatic carbocycles. The Morgan fingerprint density at radius 3 is 2.56 bits per heavy atom. The average Bonchev–Trinajstić information content (AvgIpc) is 3.37. The van der Waals surface area contributed by atoms with Crippen LogP contribution < -0.4 is 0 Å². The Bertz CT molecular complexity index is 1450. The van der Waals surface area contributed by atoms with E-state index in [4.69, 9.17) is 16.2 Å². The Hall–Kier alpha value is -2.95. The Kier molecular flexibility index (Phi) is 5.15. The van der Waals surface area contributed by atoms with Gasteiger partial charge in [0.1, 0.15) is 4.90 Å². The van der Waals surface area contributed by atoms with Crippen LogP contribution in [0, 0.1) is 6.92 Å². The summed E-state index contributed by atoms with van der Waals surface area (Å²) in [5.41, 5.74) is 2.18. The molecule has 0 radical (unpaired) electrons. The largest absolute Gasteiger partial charge is 0.303 e. The zero-order valence-electron chi connectivity index (χ0n) is 17.6. The van der Waals surface area contributed by atoms with Crippen LogP contribution in [0.5, 0.6) is 0 Å². The molecule has 0 aliphatic carbocycles. The van der Waals surface area contributed by atoms with Gasteiger partial charge in [-0.15, -0.1) is 0 Å². The van der Waals surface area contributed by atoms with E-state index in [1.54, 1.807) is 19.2 Å². The summed E-state index contributed by atoms with van der Waals surface area (Å²) in [7, 11) is -1.94. The first-order chi connectivity index (χ1) is 15.4. The summed E-state index contributed by atoms with van der Waals surface area (Å²) in [5.74, 6) is 0. The number of nitrogens with zero attached hydrogens (tertiary/aromatic N) is 6. The number of rotatable bonds is 4. The summed E-state index contributed by atoms with van der Waals surface area (Å²) in [6.07, 6.45) is 1.75. The second-order valence-corrected chi connectivity index (χ2v) is 9.96. The van der Waals surface area contributed by atoms with Gasteiger partial charge in [-0.05, 0) is 42.5 Å². The van der Waals surface area contributed by atoms with E-state index >= 15 is 0 Å². The van der Waals surface area contributed by atoms with Crippen LogP contribution in [0.15, 0.2) is 51.0 Å². The fourth-order valence-corrected chi connectivity index (χ4v) is 5.89. The lowest BCUT2D eigenvalue weighted by Gasteiger charge is -2.30. The Morgan fingerprint density at radius 2 is 1.78 bits per heavy atom. The highest BCUT2D eigenvalue weighted by Crippen LogP contribution is 2.33. The normalized spacial score (nSPS) is 16.0. The van der Waals surface area contributed by atoms with Crippen molar-refractivity contribution in [1.82, 2.24) is 24.2 Å². The van der Waals surface area contributed by atoms with Gasteiger partial charge < -0.3 is 4.90 Å². The lowest BCUT2D eigenvalue weighted by Crippen LogP contribution is -2.41. The molecule has 5 rings (SSSR count). The van der Waals surface area contributed by atoms with Gasteiger partial charge in [0.2, 0.25) is 0 Å². The Labute approximate surface area is 189 Å². The van der Waals surface area contributed by atoms with Gasteiger partial charge in [0.25, 0.3) is 10.0 Å². The first-order valence-corrected chi connectivity index (χ1v) is 11.9. The van der Waals surface area contributed by atoms with Crippen LogP contribution in [0.1, 0.15) is 11.3 Å². The molecule has 3 heterocycles. The predicted octanol–water partition coefficient (Wildman–Crippen LogP) is 2.96. The molecule has 0 atom stereocenters. The highest BCUT2D eigenvalue weighted by Gasteiger charge is 2.28. The van der Waals surface area contributed by atoms with E-state index in [1.165, 1.54) is 16.1 Å². The van der Waals surface area contributed by atoms with Crippen molar-refractivity contribution in [2.45, 2.75) is 11.8 Å². The van der Waals surface area contributed by atoms with E-state index in [-0.39, 0.29) is 21.0 Å². The van der Waals surface area contributed by atoms with Crippen LogP contribution >= 0.6 is 11.6 Å². The van der Waals surface area contributed by atoms with Crippen molar-refractivity contribution in [3.05, 3.63) is 52.7 Å². The topological polar surface area (TPSA) is 96.8 Å². The SMILES string of the molecule is Cc1c(C=NN2CCN(C)CC2)c2ccccc2n1S(=O)(=O)c1ccc(Cl)c2nonc12. The van der Waals surface area contributed by atoms with Gasteiger partial charge in [-0.3, -0.25) is 5.01 Å². The van der Waals surface area contributed by atoms with E-state index in [1.807, 2.05) is 23.2 Å². The van der Waals surface area contributed by atoms with Gasteiger partial charge in [0.05, 0.1) is 16.8 Å². The third-order valence-corrected chi connectivity index (χ3v) is 7.93. The van der Waals surface area contributed by atoms with Crippen molar-refractivity contribution >= 4 is 49.8 Å². The molecule has 0 unspecified atom stereocenters. The number of hydrogen-bond donors (Lipinski definition) is 0. The second kappa shape index (κ2) is 7.88. The van der Waals surface area contributed by atoms with Gasteiger partial charge in [0.15, 0.2) is 11.0 Å². The van der Waals surface area contributed by atoms with Crippen molar-refractivity contribution in [3.8, 4) is 0 Å². The van der Waals surface area contributed by atoms with E-state index in [0.717, 1.165) is 37.1 Å². The zero-order valence-corrected chi connectivity index (χ0v) is 19.1. The first kappa shape index (κ1) is 20.9. The molecule has 1 aliphatic heterocycles. The second-order valence-electron chi connectivity index (χ2n) is 7.79. The van der Waals surface area contributed by atoms with Gasteiger partial charge >= 0.3 is 0 Å². The smallest absolute Gasteiger partial charge is 0.270 e. The number of para-hydroxylation sites is 1. The summed E-state index contributed by atoms with van der Waals surface area (Å²) in [5, 5.41) is 15.2. The Morgan fingerprint density at radius 1 is 1.06 bits per heavy atom. The maximum absolute atomic E-state index is 13.8. The average molecular weight is 473 g/mol. The molecule has 166 valence electrons. The molecular weight excluding hydrogens is 452 g/mol. The number of fused-ring (bicyclic) bond motifs is 2. The number of hydrogen-bond acceptors (Lipinski definition) is 8.